The van der Waals surface area contributed by atoms with E-state index in [9.17, 15) is 8.42 Å². The molecule has 0 aromatic carbocycles. The van der Waals surface area contributed by atoms with Crippen LogP contribution in [0.25, 0.3) is 0 Å². The van der Waals surface area contributed by atoms with Gasteiger partial charge in [0.25, 0.3) is 10.2 Å². The number of nitrogens with one attached hydrogen (secondary N) is 1. The third-order valence-electron chi connectivity index (χ3n) is 2.45. The SMILES string of the molecule is CN(C)S(=O)(=O)NC1CCC(Br)CC1. The fourth-order valence-corrected chi connectivity index (χ4v) is 2.88. The lowest BCUT2D eigenvalue weighted by atomic mass is 9.96. The Labute approximate surface area is 94.4 Å². The van der Waals surface area contributed by atoms with Crippen LogP contribution in [-0.2, 0) is 10.2 Å². The van der Waals surface area contributed by atoms with Gasteiger partial charge in [-0.1, -0.05) is 15.9 Å². The van der Waals surface area contributed by atoms with E-state index in [2.05, 4.69) is 20.7 Å². The van der Waals surface area contributed by atoms with Gasteiger partial charge >= 0.3 is 0 Å². The van der Waals surface area contributed by atoms with E-state index in [1.165, 1.54) is 4.31 Å². The van der Waals surface area contributed by atoms with Crippen molar-refractivity contribution in [3.8, 4) is 0 Å². The van der Waals surface area contributed by atoms with Crippen LogP contribution < -0.4 is 4.72 Å². The smallest absolute Gasteiger partial charge is 0.199 e. The van der Waals surface area contributed by atoms with E-state index < -0.39 is 10.2 Å². The second-order valence-corrected chi connectivity index (χ2v) is 7.07. The fourth-order valence-electron chi connectivity index (χ4n) is 1.49. The Morgan fingerprint density at radius 1 is 1.21 bits per heavy atom. The lowest BCUT2D eigenvalue weighted by Gasteiger charge is -2.26. The van der Waals surface area contributed by atoms with Crippen molar-refractivity contribution in [2.45, 2.75) is 36.6 Å². The lowest BCUT2D eigenvalue weighted by molar-refractivity contribution is 0.409. The van der Waals surface area contributed by atoms with Crippen molar-refractivity contribution < 1.29 is 8.42 Å². The maximum absolute atomic E-state index is 11.5. The van der Waals surface area contributed by atoms with Gasteiger partial charge in [-0.25, -0.2) is 0 Å². The van der Waals surface area contributed by atoms with Gasteiger partial charge in [0.05, 0.1) is 0 Å². The molecule has 0 atom stereocenters. The first-order valence-corrected chi connectivity index (χ1v) is 7.11. The molecule has 0 unspecified atom stereocenters. The summed E-state index contributed by atoms with van der Waals surface area (Å²) in [4.78, 5) is 0.558. The van der Waals surface area contributed by atoms with Crippen molar-refractivity contribution >= 4 is 26.1 Å². The summed E-state index contributed by atoms with van der Waals surface area (Å²) in [7, 11) is -0.167. The molecule has 0 bridgehead atoms. The van der Waals surface area contributed by atoms with Gasteiger partial charge in [0, 0.05) is 25.0 Å². The zero-order valence-electron chi connectivity index (χ0n) is 8.53. The fraction of sp³-hybridized carbons (Fsp3) is 1.00. The highest BCUT2D eigenvalue weighted by Gasteiger charge is 2.24. The highest BCUT2D eigenvalue weighted by atomic mass is 79.9. The first-order chi connectivity index (χ1) is 6.42. The van der Waals surface area contributed by atoms with Crippen LogP contribution in [0.2, 0.25) is 0 Å². The van der Waals surface area contributed by atoms with Crippen molar-refractivity contribution in [1.29, 1.82) is 0 Å². The van der Waals surface area contributed by atoms with Crippen molar-refractivity contribution in [3.63, 3.8) is 0 Å². The number of hydrogen-bond acceptors (Lipinski definition) is 2. The molecular weight excluding hydrogens is 268 g/mol. The largest absolute Gasteiger partial charge is 0.279 e. The molecule has 0 aromatic rings. The number of rotatable bonds is 3. The van der Waals surface area contributed by atoms with Crippen LogP contribution in [0.5, 0.6) is 0 Å². The molecule has 4 nitrogen and oxygen atoms in total. The van der Waals surface area contributed by atoms with Gasteiger partial charge in [-0.3, -0.25) is 0 Å². The lowest BCUT2D eigenvalue weighted by Crippen LogP contribution is -2.43. The summed E-state index contributed by atoms with van der Waals surface area (Å²) >= 11 is 3.54. The summed E-state index contributed by atoms with van der Waals surface area (Å²) in [6, 6.07) is 0.108. The first-order valence-electron chi connectivity index (χ1n) is 4.75. The van der Waals surface area contributed by atoms with Gasteiger partial charge in [0.2, 0.25) is 0 Å². The third kappa shape index (κ3) is 3.49. The molecule has 1 N–H and O–H groups in total. The molecule has 0 aliphatic heterocycles. The number of alkyl halides is 1. The van der Waals surface area contributed by atoms with Crippen LogP contribution in [0.1, 0.15) is 25.7 Å². The Morgan fingerprint density at radius 3 is 2.14 bits per heavy atom. The van der Waals surface area contributed by atoms with Gasteiger partial charge in [-0.2, -0.15) is 17.4 Å². The van der Waals surface area contributed by atoms with E-state index in [-0.39, 0.29) is 6.04 Å². The molecular formula is C8H17BrN2O2S. The number of halogens is 1. The van der Waals surface area contributed by atoms with E-state index in [1.807, 2.05) is 0 Å². The minimum atomic E-state index is -3.25. The molecule has 1 saturated carbocycles. The molecule has 0 aromatic heterocycles. The second-order valence-electron chi connectivity index (χ2n) is 3.85. The molecule has 1 fully saturated rings. The molecule has 0 amide bonds. The van der Waals surface area contributed by atoms with Crippen LogP contribution >= 0.6 is 15.9 Å². The molecule has 1 aliphatic carbocycles. The van der Waals surface area contributed by atoms with E-state index >= 15 is 0 Å². The van der Waals surface area contributed by atoms with Crippen LogP contribution in [0, 0.1) is 0 Å². The zero-order chi connectivity index (χ0) is 10.8. The average Bonchev–Trinajstić information content (AvgIpc) is 2.08. The minimum Gasteiger partial charge on any atom is -0.199 e. The summed E-state index contributed by atoms with van der Waals surface area (Å²) in [6.45, 7) is 0. The van der Waals surface area contributed by atoms with E-state index in [0.717, 1.165) is 25.7 Å². The van der Waals surface area contributed by atoms with Crippen LogP contribution in [0.15, 0.2) is 0 Å². The third-order valence-corrected chi connectivity index (χ3v) is 4.96. The molecule has 14 heavy (non-hydrogen) atoms. The van der Waals surface area contributed by atoms with E-state index in [0.29, 0.717) is 4.83 Å². The average molecular weight is 285 g/mol. The number of hydrogen-bond donors (Lipinski definition) is 1. The monoisotopic (exact) mass is 284 g/mol. The van der Waals surface area contributed by atoms with Crippen LogP contribution in [0.4, 0.5) is 0 Å². The Kier molecular flexibility index (Phi) is 4.36. The normalized spacial score (nSPS) is 29.4. The Hall–Kier alpha value is 0.350. The summed E-state index contributed by atoms with van der Waals surface area (Å²) in [5.41, 5.74) is 0. The molecule has 84 valence electrons. The highest BCUT2D eigenvalue weighted by molar-refractivity contribution is 9.09. The molecule has 0 radical (unpaired) electrons. The molecule has 0 spiro atoms. The van der Waals surface area contributed by atoms with Gasteiger partial charge in [-0.05, 0) is 25.7 Å². The summed E-state index contributed by atoms with van der Waals surface area (Å²) in [5, 5.41) is 0. The van der Waals surface area contributed by atoms with Crippen molar-refractivity contribution in [2.24, 2.45) is 0 Å². The number of nitrogens with zero attached hydrogens (tertiary/aromatic N) is 1. The molecule has 0 heterocycles. The van der Waals surface area contributed by atoms with Crippen molar-refractivity contribution in [2.75, 3.05) is 14.1 Å². The summed E-state index contributed by atoms with van der Waals surface area (Å²) in [5.74, 6) is 0. The predicted molar refractivity (Wildman–Crippen MR) is 60.7 cm³/mol. The first kappa shape index (κ1) is 12.4. The van der Waals surface area contributed by atoms with Crippen molar-refractivity contribution in [3.05, 3.63) is 0 Å². The van der Waals surface area contributed by atoms with Gasteiger partial charge in [0.15, 0.2) is 0 Å². The van der Waals surface area contributed by atoms with Gasteiger partial charge < -0.3 is 0 Å². The molecule has 6 heteroatoms. The Bertz CT molecular complexity index is 271. The quantitative estimate of drug-likeness (QED) is 0.789. The van der Waals surface area contributed by atoms with Crippen LogP contribution in [0.3, 0.4) is 0 Å². The van der Waals surface area contributed by atoms with Crippen molar-refractivity contribution in [1.82, 2.24) is 9.03 Å². The maximum atomic E-state index is 11.5. The van der Waals surface area contributed by atoms with Crippen LogP contribution in [-0.4, -0.2) is 37.7 Å². The Morgan fingerprint density at radius 2 is 1.71 bits per heavy atom. The zero-order valence-corrected chi connectivity index (χ0v) is 10.9. The maximum Gasteiger partial charge on any atom is 0.279 e. The summed E-state index contributed by atoms with van der Waals surface area (Å²) < 4.78 is 26.9. The predicted octanol–water partition coefficient (Wildman–Crippen LogP) is 1.09. The standard InChI is InChI=1S/C8H17BrN2O2S/c1-11(2)14(12,13)10-8-5-3-7(9)4-6-8/h7-8,10H,3-6H2,1-2H3. The molecule has 0 saturated heterocycles. The topological polar surface area (TPSA) is 49.4 Å². The second kappa shape index (κ2) is 4.92. The minimum absolute atomic E-state index is 0.108. The van der Waals surface area contributed by atoms with Gasteiger partial charge in [0.1, 0.15) is 0 Å². The Balaban J connectivity index is 2.46. The van der Waals surface area contributed by atoms with E-state index in [4.69, 9.17) is 0 Å². The molecule has 1 rings (SSSR count). The van der Waals surface area contributed by atoms with Gasteiger partial charge in [-0.15, -0.1) is 0 Å². The highest BCUT2D eigenvalue weighted by Crippen LogP contribution is 2.24. The summed E-state index contributed by atoms with van der Waals surface area (Å²) in [6.07, 6.45) is 3.92. The van der Waals surface area contributed by atoms with E-state index in [1.54, 1.807) is 14.1 Å². The molecule has 1 aliphatic rings.